The van der Waals surface area contributed by atoms with Crippen LogP contribution in [-0.2, 0) is 6.42 Å². The zero-order valence-corrected chi connectivity index (χ0v) is 27.7. The van der Waals surface area contributed by atoms with E-state index in [1.807, 2.05) is 0 Å². The van der Waals surface area contributed by atoms with Gasteiger partial charge in [-0.25, -0.2) is 0 Å². The minimum atomic E-state index is 0.989. The van der Waals surface area contributed by atoms with Crippen molar-refractivity contribution in [3.05, 3.63) is 180 Å². The molecule has 0 nitrogen and oxygen atoms in total. The Bertz CT molecular complexity index is 2710. The molecule has 0 N–H and O–H groups in total. The summed E-state index contributed by atoms with van der Waals surface area (Å²) in [4.78, 5) is 0. The van der Waals surface area contributed by atoms with Gasteiger partial charge >= 0.3 is 0 Å². The molecule has 0 saturated carbocycles. The molecule has 0 heterocycles. The smallest absolute Gasteiger partial charge is 0.000729 e. The number of hydrogen-bond donors (Lipinski definition) is 0. The van der Waals surface area contributed by atoms with Crippen molar-refractivity contribution in [1.29, 1.82) is 0 Å². The maximum Gasteiger partial charge on any atom is -0.000729 e. The second-order valence-corrected chi connectivity index (χ2v) is 13.8. The van der Waals surface area contributed by atoms with Crippen LogP contribution in [-0.4, -0.2) is 0 Å². The predicted octanol–water partition coefficient (Wildman–Crippen LogP) is 13.4. The van der Waals surface area contributed by atoms with Crippen LogP contribution in [0.4, 0.5) is 0 Å². The first-order valence-electron chi connectivity index (χ1n) is 17.3. The van der Waals surface area contributed by atoms with E-state index in [0.717, 1.165) is 6.42 Å². The van der Waals surface area contributed by atoms with E-state index in [9.17, 15) is 0 Å². The fourth-order valence-electron chi connectivity index (χ4n) is 8.35. The van der Waals surface area contributed by atoms with Gasteiger partial charge in [-0.3, -0.25) is 0 Å². The van der Waals surface area contributed by atoms with E-state index in [-0.39, 0.29) is 0 Å². The standard InChI is InChI=1S/C49H34/c1-30-10-14-32(15-11-30)40-24-22-36-23-25-43-45(34-16-12-31(2)13-17-34)29-46(44-27-26-42(40)48(36)49(43)44)35-20-18-33(19-21-35)38-8-5-9-41-39-7-4-3-6-37(39)28-47(38)41/h3-27,29H,28H2,1-2H3. The van der Waals surface area contributed by atoms with Gasteiger partial charge in [-0.2, -0.15) is 0 Å². The van der Waals surface area contributed by atoms with E-state index >= 15 is 0 Å². The van der Waals surface area contributed by atoms with Crippen LogP contribution >= 0.6 is 0 Å². The summed E-state index contributed by atoms with van der Waals surface area (Å²) in [6.45, 7) is 4.31. The summed E-state index contributed by atoms with van der Waals surface area (Å²) in [5.74, 6) is 0. The Balaban J connectivity index is 1.19. The van der Waals surface area contributed by atoms with Crippen molar-refractivity contribution in [2.45, 2.75) is 20.3 Å². The molecule has 0 atom stereocenters. The molecule has 49 heavy (non-hydrogen) atoms. The molecule has 0 radical (unpaired) electrons. The fraction of sp³-hybridized carbons (Fsp3) is 0.0612. The fourth-order valence-corrected chi connectivity index (χ4v) is 8.35. The molecule has 1 aliphatic carbocycles. The molecule has 230 valence electrons. The molecule has 0 fully saturated rings. The minimum Gasteiger partial charge on any atom is -0.0619 e. The van der Waals surface area contributed by atoms with Crippen molar-refractivity contribution in [2.75, 3.05) is 0 Å². The average Bonchev–Trinajstić information content (AvgIpc) is 3.53. The molecule has 1 aliphatic rings. The Morgan fingerprint density at radius 2 is 0.837 bits per heavy atom. The predicted molar refractivity (Wildman–Crippen MR) is 210 cm³/mol. The molecule has 0 unspecified atom stereocenters. The molecule has 0 amide bonds. The highest BCUT2D eigenvalue weighted by atomic mass is 14.3. The van der Waals surface area contributed by atoms with Crippen LogP contribution < -0.4 is 0 Å². The maximum absolute atomic E-state index is 2.43. The van der Waals surface area contributed by atoms with Crippen molar-refractivity contribution in [1.82, 2.24) is 0 Å². The second kappa shape index (κ2) is 10.8. The molecule has 0 heteroatoms. The van der Waals surface area contributed by atoms with Gasteiger partial charge < -0.3 is 0 Å². The first-order valence-corrected chi connectivity index (χ1v) is 17.3. The van der Waals surface area contributed by atoms with Crippen molar-refractivity contribution < 1.29 is 0 Å². The Morgan fingerprint density at radius 3 is 1.51 bits per heavy atom. The highest BCUT2D eigenvalue weighted by Crippen LogP contribution is 2.47. The van der Waals surface area contributed by atoms with Crippen molar-refractivity contribution in [3.63, 3.8) is 0 Å². The summed E-state index contributed by atoms with van der Waals surface area (Å²) >= 11 is 0. The quantitative estimate of drug-likeness (QED) is 0.171. The van der Waals surface area contributed by atoms with E-state index in [1.54, 1.807) is 0 Å². The van der Waals surface area contributed by atoms with E-state index < -0.39 is 0 Å². The van der Waals surface area contributed by atoms with Crippen molar-refractivity contribution in [2.24, 2.45) is 0 Å². The van der Waals surface area contributed by atoms with E-state index in [0.29, 0.717) is 0 Å². The monoisotopic (exact) mass is 622 g/mol. The highest BCUT2D eigenvalue weighted by Gasteiger charge is 2.22. The Kier molecular flexibility index (Phi) is 6.17. The van der Waals surface area contributed by atoms with Crippen LogP contribution in [0, 0.1) is 13.8 Å². The summed E-state index contributed by atoms with van der Waals surface area (Å²) in [5, 5.41) is 7.89. The third-order valence-corrected chi connectivity index (χ3v) is 10.9. The van der Waals surface area contributed by atoms with Crippen molar-refractivity contribution >= 4 is 32.3 Å². The molecule has 10 rings (SSSR count). The summed E-state index contributed by atoms with van der Waals surface area (Å²) < 4.78 is 0. The Morgan fingerprint density at radius 1 is 0.347 bits per heavy atom. The number of fused-ring (bicyclic) bond motifs is 3. The third-order valence-electron chi connectivity index (χ3n) is 10.9. The third kappa shape index (κ3) is 4.38. The maximum atomic E-state index is 2.43. The summed E-state index contributed by atoms with van der Waals surface area (Å²) in [5.41, 5.74) is 18.3. The first-order chi connectivity index (χ1) is 24.1. The first kappa shape index (κ1) is 28.1. The zero-order valence-electron chi connectivity index (χ0n) is 27.7. The van der Waals surface area contributed by atoms with Crippen LogP contribution in [0.1, 0.15) is 22.3 Å². The second-order valence-electron chi connectivity index (χ2n) is 13.8. The minimum absolute atomic E-state index is 0.989. The molecule has 0 aliphatic heterocycles. The molecule has 0 saturated heterocycles. The summed E-state index contributed by atoms with van der Waals surface area (Å²) in [6.07, 6.45) is 0.989. The van der Waals surface area contributed by atoms with Gasteiger partial charge in [0.25, 0.3) is 0 Å². The largest absolute Gasteiger partial charge is 0.0619 e. The number of rotatable bonds is 4. The lowest BCUT2D eigenvalue weighted by molar-refractivity contribution is 1.26. The molecule has 9 aromatic carbocycles. The average molecular weight is 623 g/mol. The summed E-state index contributed by atoms with van der Waals surface area (Å²) in [6, 6.07) is 59.3. The lowest BCUT2D eigenvalue weighted by Crippen LogP contribution is -1.93. The molecule has 0 spiro atoms. The van der Waals surface area contributed by atoms with Crippen LogP contribution in [0.3, 0.4) is 0 Å². The van der Waals surface area contributed by atoms with Gasteiger partial charge in [0.1, 0.15) is 0 Å². The lowest BCUT2D eigenvalue weighted by Gasteiger charge is -2.20. The number of aryl methyl sites for hydroxylation is 2. The number of benzene rings is 9. The van der Waals surface area contributed by atoms with Gasteiger partial charge in [-0.1, -0.05) is 163 Å². The molecule has 0 aromatic heterocycles. The van der Waals surface area contributed by atoms with Crippen LogP contribution in [0.15, 0.2) is 158 Å². The van der Waals surface area contributed by atoms with Crippen LogP contribution in [0.2, 0.25) is 0 Å². The van der Waals surface area contributed by atoms with Crippen LogP contribution in [0.5, 0.6) is 0 Å². The Hall–Kier alpha value is -5.98. The SMILES string of the molecule is Cc1ccc(-c2ccc3ccc4c(-c5ccc(C)cc5)cc(-c5ccc(-c6cccc7c6Cc6ccccc6-7)cc5)c5ccc2c3c45)cc1. The molecule has 0 bridgehead atoms. The van der Waals surface area contributed by atoms with E-state index in [1.165, 1.54) is 110 Å². The van der Waals surface area contributed by atoms with Crippen LogP contribution in [0.25, 0.3) is 88.0 Å². The van der Waals surface area contributed by atoms with Crippen molar-refractivity contribution in [3.8, 4) is 55.6 Å². The van der Waals surface area contributed by atoms with Gasteiger partial charge in [0.15, 0.2) is 0 Å². The molecule has 9 aromatic rings. The molecular weight excluding hydrogens is 589 g/mol. The molecular formula is C49H34. The summed E-state index contributed by atoms with van der Waals surface area (Å²) in [7, 11) is 0. The van der Waals surface area contributed by atoms with Gasteiger partial charge in [0, 0.05) is 0 Å². The topological polar surface area (TPSA) is 0 Å². The van der Waals surface area contributed by atoms with Gasteiger partial charge in [-0.15, -0.1) is 0 Å². The zero-order chi connectivity index (χ0) is 32.6. The van der Waals surface area contributed by atoms with Gasteiger partial charge in [0.05, 0.1) is 0 Å². The lowest BCUT2D eigenvalue weighted by atomic mass is 9.83. The normalized spacial score (nSPS) is 12.2. The van der Waals surface area contributed by atoms with E-state index in [2.05, 4.69) is 172 Å². The van der Waals surface area contributed by atoms with E-state index in [4.69, 9.17) is 0 Å². The number of hydrogen-bond acceptors (Lipinski definition) is 0. The van der Waals surface area contributed by atoms with Gasteiger partial charge in [0.2, 0.25) is 0 Å². The Labute approximate surface area is 287 Å². The highest BCUT2D eigenvalue weighted by molar-refractivity contribution is 6.30. The van der Waals surface area contributed by atoms with Gasteiger partial charge in [-0.05, 0) is 125 Å².